The summed E-state index contributed by atoms with van der Waals surface area (Å²) < 4.78 is 5.61. The zero-order valence-corrected chi connectivity index (χ0v) is 12.5. The van der Waals surface area contributed by atoms with Gasteiger partial charge in [0.25, 0.3) is 0 Å². The van der Waals surface area contributed by atoms with Gasteiger partial charge in [-0.15, -0.1) is 0 Å². The van der Waals surface area contributed by atoms with E-state index in [0.717, 1.165) is 13.1 Å². The molecule has 0 N–H and O–H groups in total. The number of esters is 1. The van der Waals surface area contributed by atoms with E-state index in [0.29, 0.717) is 6.04 Å². The van der Waals surface area contributed by atoms with Gasteiger partial charge in [0.2, 0.25) is 0 Å². The summed E-state index contributed by atoms with van der Waals surface area (Å²) in [7, 11) is 0. The Hall–Kier alpha value is -0.830. The van der Waals surface area contributed by atoms with Crippen molar-refractivity contribution in [2.45, 2.75) is 65.0 Å². The zero-order valence-electron chi connectivity index (χ0n) is 12.5. The van der Waals surface area contributed by atoms with E-state index in [1.807, 2.05) is 26.8 Å². The minimum atomic E-state index is -0.416. The van der Waals surface area contributed by atoms with Crippen LogP contribution in [0.25, 0.3) is 0 Å². The molecule has 3 nitrogen and oxygen atoms in total. The van der Waals surface area contributed by atoms with E-state index in [1.165, 1.54) is 32.1 Å². The quantitative estimate of drug-likeness (QED) is 0.567. The van der Waals surface area contributed by atoms with Gasteiger partial charge >= 0.3 is 5.97 Å². The summed E-state index contributed by atoms with van der Waals surface area (Å²) in [4.78, 5) is 14.4. The first-order valence-corrected chi connectivity index (χ1v) is 7.58. The Bertz CT molecular complexity index is 337. The average molecular weight is 265 g/mol. The molecule has 3 heteroatoms. The van der Waals surface area contributed by atoms with E-state index in [4.69, 9.17) is 4.74 Å². The standard InChI is InChI=1S/C16H27NO2/c1-16(2,3)15(18)19-14-10-7-11-17(12-14)13-8-5-4-6-9-13/h7,10,13-14H,4-6,8-9,11-12H2,1-3H3/t14-/m1/s1. The van der Waals surface area contributed by atoms with Crippen molar-refractivity contribution in [3.8, 4) is 0 Å². The van der Waals surface area contributed by atoms with Crippen molar-refractivity contribution in [2.24, 2.45) is 5.41 Å². The number of ether oxygens (including phenoxy) is 1. The number of hydrogen-bond donors (Lipinski definition) is 0. The van der Waals surface area contributed by atoms with Crippen LogP contribution in [0.5, 0.6) is 0 Å². The summed E-state index contributed by atoms with van der Waals surface area (Å²) in [6.07, 6.45) is 10.8. The van der Waals surface area contributed by atoms with E-state index in [2.05, 4.69) is 11.0 Å². The van der Waals surface area contributed by atoms with Crippen LogP contribution in [0.2, 0.25) is 0 Å². The van der Waals surface area contributed by atoms with Gasteiger partial charge in [0.05, 0.1) is 5.41 Å². The molecule has 0 spiro atoms. The summed E-state index contributed by atoms with van der Waals surface area (Å²) in [5, 5.41) is 0. The SMILES string of the molecule is CC(C)(C)C(=O)O[C@@H]1C=CCN(C2CCCCC2)C1. The highest BCUT2D eigenvalue weighted by Crippen LogP contribution is 2.25. The van der Waals surface area contributed by atoms with Gasteiger partial charge in [-0.25, -0.2) is 0 Å². The van der Waals surface area contributed by atoms with E-state index in [1.54, 1.807) is 0 Å². The van der Waals surface area contributed by atoms with Gasteiger partial charge in [-0.2, -0.15) is 0 Å². The molecule has 1 saturated carbocycles. The lowest BCUT2D eigenvalue weighted by molar-refractivity contribution is -0.157. The highest BCUT2D eigenvalue weighted by Gasteiger charge is 2.29. The molecule has 0 unspecified atom stereocenters. The van der Waals surface area contributed by atoms with E-state index in [9.17, 15) is 4.79 Å². The first kappa shape index (κ1) is 14.6. The molecule has 0 saturated heterocycles. The Morgan fingerprint density at radius 2 is 1.89 bits per heavy atom. The fourth-order valence-electron chi connectivity index (χ4n) is 2.85. The minimum absolute atomic E-state index is 0.0672. The molecule has 1 fully saturated rings. The Morgan fingerprint density at radius 1 is 1.21 bits per heavy atom. The molecule has 2 rings (SSSR count). The summed E-state index contributed by atoms with van der Waals surface area (Å²) in [6, 6.07) is 0.689. The first-order valence-electron chi connectivity index (χ1n) is 7.58. The normalized spacial score (nSPS) is 26.4. The second kappa shape index (κ2) is 6.08. The van der Waals surface area contributed by atoms with Gasteiger partial charge in [0.15, 0.2) is 0 Å². The highest BCUT2D eigenvalue weighted by atomic mass is 16.5. The Morgan fingerprint density at radius 3 is 2.53 bits per heavy atom. The lowest BCUT2D eigenvalue weighted by atomic mass is 9.93. The number of nitrogens with zero attached hydrogens (tertiary/aromatic N) is 1. The number of carbonyl (C=O) groups is 1. The minimum Gasteiger partial charge on any atom is -0.456 e. The van der Waals surface area contributed by atoms with Crippen LogP contribution >= 0.6 is 0 Å². The van der Waals surface area contributed by atoms with Gasteiger partial charge in [-0.05, 0) is 39.7 Å². The Kier molecular flexibility index (Phi) is 4.67. The lowest BCUT2D eigenvalue weighted by Crippen LogP contribution is -2.45. The summed E-state index contributed by atoms with van der Waals surface area (Å²) in [5.41, 5.74) is -0.416. The third-order valence-electron chi connectivity index (χ3n) is 4.07. The molecule has 0 bridgehead atoms. The molecule has 1 atom stereocenters. The second-order valence-corrected chi connectivity index (χ2v) is 6.87. The summed E-state index contributed by atoms with van der Waals surface area (Å²) in [6.45, 7) is 7.58. The van der Waals surface area contributed by atoms with Crippen LogP contribution < -0.4 is 0 Å². The molecule has 0 aromatic rings. The maximum atomic E-state index is 11.9. The molecular weight excluding hydrogens is 238 g/mol. The van der Waals surface area contributed by atoms with E-state index in [-0.39, 0.29) is 12.1 Å². The van der Waals surface area contributed by atoms with Crippen molar-refractivity contribution in [3.05, 3.63) is 12.2 Å². The summed E-state index contributed by atoms with van der Waals surface area (Å²) >= 11 is 0. The third kappa shape index (κ3) is 4.07. The molecule has 1 aliphatic carbocycles. The first-order chi connectivity index (χ1) is 8.97. The molecule has 108 valence electrons. The largest absolute Gasteiger partial charge is 0.456 e. The summed E-state index contributed by atoms with van der Waals surface area (Å²) in [5.74, 6) is -0.104. The van der Waals surface area contributed by atoms with Gasteiger partial charge in [0, 0.05) is 19.1 Å². The number of carbonyl (C=O) groups excluding carboxylic acids is 1. The zero-order chi connectivity index (χ0) is 13.9. The van der Waals surface area contributed by atoms with Crippen LogP contribution in [0.1, 0.15) is 52.9 Å². The van der Waals surface area contributed by atoms with E-state index < -0.39 is 5.41 Å². The molecule has 0 aromatic heterocycles. The van der Waals surface area contributed by atoms with Crippen LogP contribution in [0.15, 0.2) is 12.2 Å². The highest BCUT2D eigenvalue weighted by molar-refractivity contribution is 5.75. The van der Waals surface area contributed by atoms with Crippen molar-refractivity contribution >= 4 is 5.97 Å². The van der Waals surface area contributed by atoms with Crippen molar-refractivity contribution in [2.75, 3.05) is 13.1 Å². The van der Waals surface area contributed by atoms with Crippen molar-refractivity contribution in [1.82, 2.24) is 4.90 Å². The average Bonchev–Trinajstić information content (AvgIpc) is 2.39. The lowest BCUT2D eigenvalue weighted by Gasteiger charge is -2.37. The van der Waals surface area contributed by atoms with Gasteiger partial charge in [0.1, 0.15) is 6.10 Å². The molecule has 2 aliphatic rings. The monoisotopic (exact) mass is 265 g/mol. The van der Waals surface area contributed by atoms with Crippen LogP contribution in [-0.2, 0) is 9.53 Å². The van der Waals surface area contributed by atoms with Gasteiger partial charge in [-0.3, -0.25) is 9.69 Å². The maximum absolute atomic E-state index is 11.9. The molecule has 1 aliphatic heterocycles. The van der Waals surface area contributed by atoms with Crippen molar-refractivity contribution < 1.29 is 9.53 Å². The van der Waals surface area contributed by atoms with Gasteiger partial charge in [-0.1, -0.05) is 25.3 Å². The van der Waals surface area contributed by atoms with E-state index >= 15 is 0 Å². The molecule has 0 amide bonds. The fourth-order valence-corrected chi connectivity index (χ4v) is 2.85. The molecular formula is C16H27NO2. The molecule has 0 radical (unpaired) electrons. The fraction of sp³-hybridized carbons (Fsp3) is 0.812. The topological polar surface area (TPSA) is 29.5 Å². The second-order valence-electron chi connectivity index (χ2n) is 6.87. The van der Waals surface area contributed by atoms with Crippen molar-refractivity contribution in [3.63, 3.8) is 0 Å². The maximum Gasteiger partial charge on any atom is 0.311 e. The molecule has 1 heterocycles. The number of rotatable bonds is 2. The third-order valence-corrected chi connectivity index (χ3v) is 4.07. The van der Waals surface area contributed by atoms with Crippen LogP contribution in [0.4, 0.5) is 0 Å². The smallest absolute Gasteiger partial charge is 0.311 e. The predicted molar refractivity (Wildman–Crippen MR) is 76.9 cm³/mol. The number of hydrogen-bond acceptors (Lipinski definition) is 3. The Balaban J connectivity index is 1.88. The van der Waals surface area contributed by atoms with Crippen LogP contribution in [0.3, 0.4) is 0 Å². The van der Waals surface area contributed by atoms with Gasteiger partial charge < -0.3 is 4.74 Å². The predicted octanol–water partition coefficient (Wildman–Crippen LogP) is 3.15. The molecule has 19 heavy (non-hydrogen) atoms. The van der Waals surface area contributed by atoms with Crippen LogP contribution in [-0.4, -0.2) is 36.1 Å². The Labute approximate surface area is 117 Å². The van der Waals surface area contributed by atoms with Crippen molar-refractivity contribution in [1.29, 1.82) is 0 Å². The molecule has 0 aromatic carbocycles. The van der Waals surface area contributed by atoms with Crippen LogP contribution in [0, 0.1) is 5.41 Å².